The van der Waals surface area contributed by atoms with E-state index < -0.39 is 5.95 Å². The van der Waals surface area contributed by atoms with Gasteiger partial charge in [-0.2, -0.15) is 4.39 Å². The zero-order valence-corrected chi connectivity index (χ0v) is 21.8. The minimum Gasteiger partial charge on any atom is -0.383 e. The fraction of sp³-hybridized carbons (Fsp3) is 0.393. The van der Waals surface area contributed by atoms with E-state index in [1.807, 2.05) is 31.3 Å². The number of morpholine rings is 1. The van der Waals surface area contributed by atoms with Crippen LogP contribution in [0.5, 0.6) is 0 Å². The zero-order chi connectivity index (χ0) is 26.6. The highest BCUT2D eigenvalue weighted by molar-refractivity contribution is 5.97. The SMILES string of the molecule is COCCN(C)Cc1nc(-c2cc(-c3ccc4c(c3)CCNC4=O)c(N)nc2F)ccc1N1CCOCC1. The summed E-state index contributed by atoms with van der Waals surface area (Å²) in [4.78, 5) is 25.5. The smallest absolute Gasteiger partial charge is 0.251 e. The number of carbonyl (C=O) groups excluding carboxylic acids is 1. The number of likely N-dealkylation sites (N-methyl/N-ethyl adjacent to an activating group) is 1. The quantitative estimate of drug-likeness (QED) is 0.437. The topological polar surface area (TPSA) is 106 Å². The maximum Gasteiger partial charge on any atom is 0.251 e. The molecule has 0 atom stereocenters. The summed E-state index contributed by atoms with van der Waals surface area (Å²) < 4.78 is 26.0. The summed E-state index contributed by atoms with van der Waals surface area (Å²) in [5, 5.41) is 2.85. The van der Waals surface area contributed by atoms with Crippen LogP contribution in [0.3, 0.4) is 0 Å². The summed E-state index contributed by atoms with van der Waals surface area (Å²) in [5.41, 5.74) is 11.8. The molecule has 1 saturated heterocycles. The lowest BCUT2D eigenvalue weighted by atomic mass is 9.94. The zero-order valence-electron chi connectivity index (χ0n) is 21.8. The number of anilines is 2. The van der Waals surface area contributed by atoms with Crippen molar-refractivity contribution in [3.05, 3.63) is 59.2 Å². The number of fused-ring (bicyclic) bond motifs is 1. The summed E-state index contributed by atoms with van der Waals surface area (Å²) in [6.45, 7) is 5.36. The Kier molecular flexibility index (Phi) is 7.82. The first-order valence-electron chi connectivity index (χ1n) is 12.8. The fourth-order valence-corrected chi connectivity index (χ4v) is 4.94. The van der Waals surface area contributed by atoms with E-state index in [2.05, 4.69) is 20.1 Å². The van der Waals surface area contributed by atoms with E-state index >= 15 is 4.39 Å². The van der Waals surface area contributed by atoms with Gasteiger partial charge in [-0.25, -0.2) is 9.97 Å². The van der Waals surface area contributed by atoms with Gasteiger partial charge in [0.2, 0.25) is 5.95 Å². The molecule has 0 radical (unpaired) electrons. The number of aromatic nitrogens is 2. The van der Waals surface area contributed by atoms with Gasteiger partial charge in [-0.05, 0) is 48.9 Å². The molecule has 10 heteroatoms. The highest BCUT2D eigenvalue weighted by atomic mass is 19.1. The fourth-order valence-electron chi connectivity index (χ4n) is 4.94. The van der Waals surface area contributed by atoms with Gasteiger partial charge in [0.05, 0.1) is 42.5 Å². The van der Waals surface area contributed by atoms with Gasteiger partial charge in [0.15, 0.2) is 0 Å². The lowest BCUT2D eigenvalue weighted by molar-refractivity contribution is 0.0946. The van der Waals surface area contributed by atoms with E-state index in [9.17, 15) is 4.79 Å². The summed E-state index contributed by atoms with van der Waals surface area (Å²) >= 11 is 0. The Hall–Kier alpha value is -3.60. The molecular formula is C28H33FN6O3. The Labute approximate surface area is 221 Å². The Morgan fingerprint density at radius 1 is 1.13 bits per heavy atom. The number of halogens is 1. The van der Waals surface area contributed by atoms with Crippen LogP contribution in [0.2, 0.25) is 0 Å². The number of pyridine rings is 2. The second-order valence-electron chi connectivity index (χ2n) is 9.63. The van der Waals surface area contributed by atoms with E-state index in [1.165, 1.54) is 0 Å². The van der Waals surface area contributed by atoms with E-state index in [-0.39, 0.29) is 17.3 Å². The van der Waals surface area contributed by atoms with Crippen LogP contribution in [-0.4, -0.2) is 80.9 Å². The number of benzene rings is 1. The molecule has 2 aliphatic rings. The molecule has 3 N–H and O–H groups in total. The number of methoxy groups -OCH3 is 1. The molecular weight excluding hydrogens is 487 g/mol. The number of nitrogen functional groups attached to an aromatic ring is 1. The molecule has 0 bridgehead atoms. The van der Waals surface area contributed by atoms with E-state index in [4.69, 9.17) is 20.2 Å². The highest BCUT2D eigenvalue weighted by Gasteiger charge is 2.22. The van der Waals surface area contributed by atoms with Crippen molar-refractivity contribution in [2.75, 3.05) is 70.8 Å². The molecule has 4 heterocycles. The number of ether oxygens (including phenoxy) is 2. The van der Waals surface area contributed by atoms with Gasteiger partial charge >= 0.3 is 0 Å². The molecule has 200 valence electrons. The van der Waals surface area contributed by atoms with Gasteiger partial charge in [-0.3, -0.25) is 9.69 Å². The van der Waals surface area contributed by atoms with Crippen molar-refractivity contribution in [3.63, 3.8) is 0 Å². The minimum absolute atomic E-state index is 0.0868. The van der Waals surface area contributed by atoms with Crippen molar-refractivity contribution in [2.45, 2.75) is 13.0 Å². The maximum absolute atomic E-state index is 15.2. The first-order chi connectivity index (χ1) is 18.4. The van der Waals surface area contributed by atoms with Crippen LogP contribution < -0.4 is 16.0 Å². The third-order valence-electron chi connectivity index (χ3n) is 7.02. The van der Waals surface area contributed by atoms with E-state index in [0.717, 1.165) is 48.6 Å². The third kappa shape index (κ3) is 5.47. The number of carbonyl (C=O) groups is 1. The van der Waals surface area contributed by atoms with Crippen LogP contribution in [0, 0.1) is 5.95 Å². The van der Waals surface area contributed by atoms with Gasteiger partial charge in [0, 0.05) is 51.0 Å². The Morgan fingerprint density at radius 3 is 2.74 bits per heavy atom. The van der Waals surface area contributed by atoms with Crippen LogP contribution >= 0.6 is 0 Å². The number of nitrogens with zero attached hydrogens (tertiary/aromatic N) is 4. The van der Waals surface area contributed by atoms with Gasteiger partial charge in [0.25, 0.3) is 5.91 Å². The molecule has 0 unspecified atom stereocenters. The van der Waals surface area contributed by atoms with Crippen molar-refractivity contribution in [1.29, 1.82) is 0 Å². The Morgan fingerprint density at radius 2 is 1.95 bits per heavy atom. The lowest BCUT2D eigenvalue weighted by Gasteiger charge is -2.31. The van der Waals surface area contributed by atoms with Crippen LogP contribution in [0.4, 0.5) is 15.9 Å². The number of nitrogens with one attached hydrogen (secondary N) is 1. The second kappa shape index (κ2) is 11.4. The molecule has 0 aliphatic carbocycles. The van der Waals surface area contributed by atoms with E-state index in [0.29, 0.717) is 49.7 Å². The van der Waals surface area contributed by atoms with Crippen LogP contribution in [0.15, 0.2) is 36.4 Å². The molecule has 1 fully saturated rings. The first-order valence-corrected chi connectivity index (χ1v) is 12.8. The van der Waals surface area contributed by atoms with Crippen LogP contribution in [0.25, 0.3) is 22.4 Å². The summed E-state index contributed by atoms with van der Waals surface area (Å²) in [6.07, 6.45) is 0.723. The molecule has 2 aromatic heterocycles. The van der Waals surface area contributed by atoms with Crippen molar-refractivity contribution in [1.82, 2.24) is 20.2 Å². The molecule has 1 amide bonds. The summed E-state index contributed by atoms with van der Waals surface area (Å²) in [7, 11) is 3.69. The predicted molar refractivity (Wildman–Crippen MR) is 145 cm³/mol. The average molecular weight is 521 g/mol. The van der Waals surface area contributed by atoms with Crippen molar-refractivity contribution in [3.8, 4) is 22.4 Å². The summed E-state index contributed by atoms with van der Waals surface area (Å²) in [5.74, 6) is -0.666. The normalized spacial score (nSPS) is 15.5. The van der Waals surface area contributed by atoms with E-state index in [1.54, 1.807) is 19.2 Å². The number of hydrogen-bond donors (Lipinski definition) is 2. The van der Waals surface area contributed by atoms with Crippen LogP contribution in [0.1, 0.15) is 21.6 Å². The minimum atomic E-state index is -0.672. The molecule has 0 saturated carbocycles. The standard InChI is InChI=1S/C28H33FN6O3/c1-34(9-12-37-2)17-24-25(35-10-13-38-14-11-35)6-5-23(32-24)22-16-21(27(30)33-26(22)29)18-3-4-20-19(15-18)7-8-31-28(20)36/h3-6,15-16H,7-14,17H2,1-2H3,(H2,30,33)(H,31,36). The molecule has 38 heavy (non-hydrogen) atoms. The molecule has 3 aromatic rings. The van der Waals surface area contributed by atoms with Crippen LogP contribution in [-0.2, 0) is 22.4 Å². The van der Waals surface area contributed by atoms with Gasteiger partial charge in [-0.1, -0.05) is 12.1 Å². The monoisotopic (exact) mass is 520 g/mol. The molecule has 0 spiro atoms. The van der Waals surface area contributed by atoms with Gasteiger partial charge in [0.1, 0.15) is 5.82 Å². The molecule has 1 aromatic carbocycles. The van der Waals surface area contributed by atoms with Crippen molar-refractivity contribution < 1.29 is 18.7 Å². The third-order valence-corrected chi connectivity index (χ3v) is 7.02. The second-order valence-corrected chi connectivity index (χ2v) is 9.63. The largest absolute Gasteiger partial charge is 0.383 e. The average Bonchev–Trinajstić information content (AvgIpc) is 2.92. The van der Waals surface area contributed by atoms with Crippen molar-refractivity contribution >= 4 is 17.4 Å². The predicted octanol–water partition coefficient (Wildman–Crippen LogP) is 2.73. The van der Waals surface area contributed by atoms with Gasteiger partial charge in [-0.15, -0.1) is 0 Å². The lowest BCUT2D eigenvalue weighted by Crippen LogP contribution is -2.37. The number of amides is 1. The molecule has 2 aliphatic heterocycles. The molecule has 9 nitrogen and oxygen atoms in total. The first kappa shape index (κ1) is 26.0. The maximum atomic E-state index is 15.2. The highest BCUT2D eigenvalue weighted by Crippen LogP contribution is 2.34. The molecule has 5 rings (SSSR count). The Balaban J connectivity index is 1.53. The Bertz CT molecular complexity index is 1330. The summed E-state index contributed by atoms with van der Waals surface area (Å²) in [6, 6.07) is 11.1. The number of nitrogens with two attached hydrogens (primary N) is 1. The number of rotatable bonds is 8. The van der Waals surface area contributed by atoms with Crippen molar-refractivity contribution in [2.24, 2.45) is 0 Å². The number of hydrogen-bond acceptors (Lipinski definition) is 8. The van der Waals surface area contributed by atoms with Gasteiger partial charge < -0.3 is 25.4 Å².